The summed E-state index contributed by atoms with van der Waals surface area (Å²) in [7, 11) is 0. The molecule has 0 aliphatic carbocycles. The molecular weight excluding hydrogens is 231 g/mol. The summed E-state index contributed by atoms with van der Waals surface area (Å²) in [5.41, 5.74) is 1.76. The summed E-state index contributed by atoms with van der Waals surface area (Å²) in [6.45, 7) is 3.83. The van der Waals surface area contributed by atoms with E-state index in [0.717, 1.165) is 12.0 Å². The van der Waals surface area contributed by atoms with Crippen molar-refractivity contribution in [2.45, 2.75) is 26.7 Å². The van der Waals surface area contributed by atoms with E-state index in [0.29, 0.717) is 23.5 Å². The highest BCUT2D eigenvalue weighted by atomic mass is 19.1. The first-order valence-electron chi connectivity index (χ1n) is 5.96. The smallest absolute Gasteiger partial charge is 0.251 e. The molecule has 18 heavy (non-hydrogen) atoms. The third-order valence-electron chi connectivity index (χ3n) is 2.62. The fourth-order valence-electron chi connectivity index (χ4n) is 1.90. The molecular formula is C14H15FN2O. The van der Waals surface area contributed by atoms with Crippen LogP contribution in [0.1, 0.15) is 24.7 Å². The van der Waals surface area contributed by atoms with Crippen molar-refractivity contribution in [3.05, 3.63) is 51.8 Å². The second kappa shape index (κ2) is 5.12. The Bertz CT molecular complexity index is 599. The van der Waals surface area contributed by atoms with Crippen LogP contribution >= 0.6 is 0 Å². The first-order chi connectivity index (χ1) is 8.58. The molecule has 1 heterocycles. The highest BCUT2D eigenvalue weighted by Crippen LogP contribution is 2.19. The van der Waals surface area contributed by atoms with Gasteiger partial charge in [0.05, 0.1) is 5.69 Å². The van der Waals surface area contributed by atoms with Crippen LogP contribution in [0.4, 0.5) is 4.39 Å². The van der Waals surface area contributed by atoms with Gasteiger partial charge in [-0.15, -0.1) is 0 Å². The number of hydrogen-bond acceptors (Lipinski definition) is 2. The van der Waals surface area contributed by atoms with Crippen molar-refractivity contribution in [1.29, 1.82) is 0 Å². The van der Waals surface area contributed by atoms with Gasteiger partial charge in [-0.25, -0.2) is 9.37 Å². The lowest BCUT2D eigenvalue weighted by atomic mass is 10.1. The van der Waals surface area contributed by atoms with Crippen molar-refractivity contribution in [2.24, 2.45) is 0 Å². The number of aromatic nitrogens is 2. The Hall–Kier alpha value is -1.97. The third kappa shape index (κ3) is 2.83. The molecule has 2 aromatic rings. The zero-order chi connectivity index (χ0) is 13.1. The SMILES string of the molecule is CCCc1nc(-c2cc(C)cc(F)c2)cc(=O)[nH]1. The van der Waals surface area contributed by atoms with Gasteiger partial charge in [-0.05, 0) is 37.1 Å². The number of hydrogen-bond donors (Lipinski definition) is 1. The molecule has 0 amide bonds. The van der Waals surface area contributed by atoms with Gasteiger partial charge < -0.3 is 4.98 Å². The number of H-pyrrole nitrogens is 1. The zero-order valence-corrected chi connectivity index (χ0v) is 10.5. The lowest BCUT2D eigenvalue weighted by Crippen LogP contribution is -2.11. The van der Waals surface area contributed by atoms with Gasteiger partial charge in [0.1, 0.15) is 11.6 Å². The minimum absolute atomic E-state index is 0.203. The Morgan fingerprint density at radius 3 is 2.72 bits per heavy atom. The lowest BCUT2D eigenvalue weighted by Gasteiger charge is -2.05. The van der Waals surface area contributed by atoms with Gasteiger partial charge in [-0.1, -0.05) is 6.92 Å². The molecule has 0 unspecified atom stereocenters. The number of aryl methyl sites for hydroxylation is 2. The monoisotopic (exact) mass is 246 g/mol. The average molecular weight is 246 g/mol. The molecule has 1 N–H and O–H groups in total. The topological polar surface area (TPSA) is 45.8 Å². The average Bonchev–Trinajstić information content (AvgIpc) is 2.27. The number of halogens is 1. The highest BCUT2D eigenvalue weighted by Gasteiger charge is 2.06. The Morgan fingerprint density at radius 2 is 2.06 bits per heavy atom. The van der Waals surface area contributed by atoms with Crippen molar-refractivity contribution < 1.29 is 4.39 Å². The number of rotatable bonds is 3. The van der Waals surface area contributed by atoms with Gasteiger partial charge in [0.15, 0.2) is 0 Å². The maximum atomic E-state index is 13.3. The number of nitrogens with zero attached hydrogens (tertiary/aromatic N) is 1. The second-order valence-corrected chi connectivity index (χ2v) is 4.34. The van der Waals surface area contributed by atoms with E-state index < -0.39 is 0 Å². The number of nitrogens with one attached hydrogen (secondary N) is 1. The van der Waals surface area contributed by atoms with Crippen LogP contribution < -0.4 is 5.56 Å². The quantitative estimate of drug-likeness (QED) is 0.905. The Labute approximate surface area is 105 Å². The van der Waals surface area contributed by atoms with Crippen molar-refractivity contribution >= 4 is 0 Å². The van der Waals surface area contributed by atoms with Crippen LogP contribution in [0.15, 0.2) is 29.1 Å². The molecule has 1 aromatic carbocycles. The molecule has 3 nitrogen and oxygen atoms in total. The summed E-state index contributed by atoms with van der Waals surface area (Å²) in [5, 5.41) is 0. The Morgan fingerprint density at radius 1 is 1.28 bits per heavy atom. The van der Waals surface area contributed by atoms with Crippen molar-refractivity contribution in [2.75, 3.05) is 0 Å². The molecule has 2 rings (SSSR count). The van der Waals surface area contributed by atoms with Gasteiger partial charge in [0.25, 0.3) is 5.56 Å². The summed E-state index contributed by atoms with van der Waals surface area (Å²) in [6, 6.07) is 6.06. The molecule has 0 aliphatic heterocycles. The normalized spacial score (nSPS) is 10.6. The maximum Gasteiger partial charge on any atom is 0.251 e. The van der Waals surface area contributed by atoms with Gasteiger partial charge in [-0.2, -0.15) is 0 Å². The van der Waals surface area contributed by atoms with E-state index in [2.05, 4.69) is 9.97 Å². The van der Waals surface area contributed by atoms with E-state index in [1.54, 1.807) is 0 Å². The predicted molar refractivity (Wildman–Crippen MR) is 69.0 cm³/mol. The van der Waals surface area contributed by atoms with E-state index in [-0.39, 0.29) is 11.4 Å². The summed E-state index contributed by atoms with van der Waals surface area (Å²) in [4.78, 5) is 18.6. The molecule has 0 aliphatic rings. The minimum atomic E-state index is -0.316. The Balaban J connectivity index is 2.52. The van der Waals surface area contributed by atoms with E-state index in [9.17, 15) is 9.18 Å². The van der Waals surface area contributed by atoms with Gasteiger partial charge in [0.2, 0.25) is 0 Å². The molecule has 0 atom stereocenters. The first-order valence-corrected chi connectivity index (χ1v) is 5.96. The van der Waals surface area contributed by atoms with Crippen LogP contribution in [0, 0.1) is 12.7 Å². The summed E-state index contributed by atoms with van der Waals surface area (Å²) < 4.78 is 13.3. The predicted octanol–water partition coefficient (Wildman–Crippen LogP) is 2.84. The molecule has 4 heteroatoms. The molecule has 0 spiro atoms. The van der Waals surface area contributed by atoms with E-state index in [1.807, 2.05) is 19.9 Å². The highest BCUT2D eigenvalue weighted by molar-refractivity contribution is 5.59. The molecule has 0 radical (unpaired) electrons. The summed E-state index contributed by atoms with van der Waals surface area (Å²) in [6.07, 6.45) is 1.60. The largest absolute Gasteiger partial charge is 0.311 e. The van der Waals surface area contributed by atoms with Crippen LogP contribution in [0.3, 0.4) is 0 Å². The van der Waals surface area contributed by atoms with Crippen molar-refractivity contribution in [1.82, 2.24) is 9.97 Å². The van der Waals surface area contributed by atoms with Crippen LogP contribution in [0.25, 0.3) is 11.3 Å². The summed E-state index contributed by atoms with van der Waals surface area (Å²) in [5.74, 6) is 0.325. The standard InChI is InChI=1S/C14H15FN2O/c1-3-4-13-16-12(8-14(18)17-13)10-5-9(2)6-11(15)7-10/h5-8H,3-4H2,1-2H3,(H,16,17,18). The fraction of sp³-hybridized carbons (Fsp3) is 0.286. The molecule has 0 bridgehead atoms. The lowest BCUT2D eigenvalue weighted by molar-refractivity contribution is 0.627. The number of benzene rings is 1. The zero-order valence-electron chi connectivity index (χ0n) is 10.5. The van der Waals surface area contributed by atoms with E-state index in [4.69, 9.17) is 0 Å². The van der Waals surface area contributed by atoms with E-state index in [1.165, 1.54) is 18.2 Å². The second-order valence-electron chi connectivity index (χ2n) is 4.34. The van der Waals surface area contributed by atoms with Gasteiger partial charge in [0, 0.05) is 18.1 Å². The fourth-order valence-corrected chi connectivity index (χ4v) is 1.90. The molecule has 94 valence electrons. The van der Waals surface area contributed by atoms with E-state index >= 15 is 0 Å². The molecule has 0 saturated heterocycles. The van der Waals surface area contributed by atoms with Crippen molar-refractivity contribution in [3.8, 4) is 11.3 Å². The first kappa shape index (κ1) is 12.5. The summed E-state index contributed by atoms with van der Waals surface area (Å²) >= 11 is 0. The van der Waals surface area contributed by atoms with Crippen LogP contribution in [-0.4, -0.2) is 9.97 Å². The maximum absolute atomic E-state index is 13.3. The Kier molecular flexibility index (Phi) is 3.55. The molecule has 0 saturated carbocycles. The molecule has 1 aromatic heterocycles. The third-order valence-corrected chi connectivity index (χ3v) is 2.62. The van der Waals surface area contributed by atoms with Crippen LogP contribution in [-0.2, 0) is 6.42 Å². The van der Waals surface area contributed by atoms with Crippen molar-refractivity contribution in [3.63, 3.8) is 0 Å². The minimum Gasteiger partial charge on any atom is -0.311 e. The van der Waals surface area contributed by atoms with Gasteiger partial charge in [-0.3, -0.25) is 4.79 Å². The van der Waals surface area contributed by atoms with Crippen LogP contribution in [0.5, 0.6) is 0 Å². The van der Waals surface area contributed by atoms with Gasteiger partial charge >= 0.3 is 0 Å². The van der Waals surface area contributed by atoms with Crippen LogP contribution in [0.2, 0.25) is 0 Å². The number of aromatic amines is 1. The molecule has 0 fully saturated rings.